The summed E-state index contributed by atoms with van der Waals surface area (Å²) in [5.74, 6) is -0.302. The fraction of sp³-hybridized carbons (Fsp3) is 0.382. The van der Waals surface area contributed by atoms with Crippen LogP contribution in [0.25, 0.3) is 0 Å². The van der Waals surface area contributed by atoms with Crippen LogP contribution in [0.5, 0.6) is 0 Å². The highest BCUT2D eigenvalue weighted by Crippen LogP contribution is 2.21. The van der Waals surface area contributed by atoms with E-state index in [-0.39, 0.29) is 11.8 Å². The number of esters is 1. The van der Waals surface area contributed by atoms with E-state index in [4.69, 9.17) is 4.74 Å². The third kappa shape index (κ3) is 11.2. The Morgan fingerprint density at radius 2 is 1.39 bits per heavy atom. The number of benzene rings is 3. The summed E-state index contributed by atoms with van der Waals surface area (Å²) in [6.07, 6.45) is 3.61. The standard InChI is InChI=1S/C18H25NO3.C14H13NO2.C2H6/c1-3-14-9-11-19(12-10-14)13-17(20)15-5-7-16(8-6-15)18(21)22-4-2;16-14(17)13(11-7-3-1-4-8-11)15-12-9-5-2-6-10-12;1-2/h5-8,14H,3-4,9-13H2,1-2H3;1-10,13,15H,(H,16,17);1-2H3/t;13-;/m.1./s1. The highest BCUT2D eigenvalue weighted by Gasteiger charge is 2.21. The Kier molecular flexibility index (Phi) is 14.9. The van der Waals surface area contributed by atoms with E-state index in [0.717, 1.165) is 30.3 Å². The summed E-state index contributed by atoms with van der Waals surface area (Å²) in [5.41, 5.74) is 2.68. The molecule has 0 aliphatic carbocycles. The number of likely N-dealkylation sites (tertiary alicyclic amines) is 1. The van der Waals surface area contributed by atoms with Crippen molar-refractivity contribution in [3.05, 3.63) is 102 Å². The molecule has 7 nitrogen and oxygen atoms in total. The minimum Gasteiger partial charge on any atom is -0.479 e. The number of hydrogen-bond donors (Lipinski definition) is 2. The van der Waals surface area contributed by atoms with Gasteiger partial charge in [-0.05, 0) is 68.6 Å². The van der Waals surface area contributed by atoms with E-state index in [0.29, 0.717) is 24.3 Å². The van der Waals surface area contributed by atoms with Gasteiger partial charge in [-0.1, -0.05) is 87.9 Å². The summed E-state index contributed by atoms with van der Waals surface area (Å²) in [7, 11) is 0. The van der Waals surface area contributed by atoms with Crippen molar-refractivity contribution in [2.45, 2.75) is 53.0 Å². The van der Waals surface area contributed by atoms with Crippen LogP contribution in [0.2, 0.25) is 0 Å². The van der Waals surface area contributed by atoms with E-state index in [1.807, 2.05) is 62.4 Å². The number of rotatable bonds is 10. The van der Waals surface area contributed by atoms with Gasteiger partial charge in [0, 0.05) is 11.3 Å². The van der Waals surface area contributed by atoms with Crippen LogP contribution in [-0.4, -0.2) is 54.0 Å². The Hall–Kier alpha value is -3.97. The van der Waals surface area contributed by atoms with Gasteiger partial charge < -0.3 is 15.2 Å². The molecule has 3 aromatic carbocycles. The molecule has 1 aliphatic heterocycles. The topological polar surface area (TPSA) is 95.9 Å². The molecule has 41 heavy (non-hydrogen) atoms. The van der Waals surface area contributed by atoms with Gasteiger partial charge in [0.2, 0.25) is 0 Å². The minimum absolute atomic E-state index is 0.116. The molecule has 2 N–H and O–H groups in total. The Morgan fingerprint density at radius 3 is 1.90 bits per heavy atom. The number of carbonyl (C=O) groups excluding carboxylic acids is 2. The van der Waals surface area contributed by atoms with Crippen LogP contribution < -0.4 is 5.32 Å². The van der Waals surface area contributed by atoms with Gasteiger partial charge in [-0.25, -0.2) is 9.59 Å². The van der Waals surface area contributed by atoms with Crippen molar-refractivity contribution < 1.29 is 24.2 Å². The van der Waals surface area contributed by atoms with Crippen molar-refractivity contribution in [3.63, 3.8) is 0 Å². The summed E-state index contributed by atoms with van der Waals surface area (Å²) < 4.78 is 4.94. The van der Waals surface area contributed by atoms with Crippen LogP contribution >= 0.6 is 0 Å². The fourth-order valence-electron chi connectivity index (χ4n) is 4.49. The predicted octanol–water partition coefficient (Wildman–Crippen LogP) is 7.12. The monoisotopic (exact) mass is 560 g/mol. The molecule has 0 aromatic heterocycles. The molecule has 1 heterocycles. The molecule has 4 rings (SSSR count). The van der Waals surface area contributed by atoms with Crippen LogP contribution in [0, 0.1) is 5.92 Å². The smallest absolute Gasteiger partial charge is 0.338 e. The van der Waals surface area contributed by atoms with Gasteiger partial charge in [0.1, 0.15) is 0 Å². The number of piperidine rings is 1. The zero-order valence-corrected chi connectivity index (χ0v) is 24.7. The maximum absolute atomic E-state index is 12.3. The molecule has 0 spiro atoms. The van der Waals surface area contributed by atoms with Gasteiger partial charge in [0.05, 0.1) is 18.7 Å². The maximum Gasteiger partial charge on any atom is 0.338 e. The summed E-state index contributed by atoms with van der Waals surface area (Å²) in [4.78, 5) is 37.4. The van der Waals surface area contributed by atoms with Crippen molar-refractivity contribution in [1.29, 1.82) is 0 Å². The number of ketones is 1. The predicted molar refractivity (Wildman–Crippen MR) is 164 cm³/mol. The second-order valence-corrected chi connectivity index (χ2v) is 9.54. The van der Waals surface area contributed by atoms with Gasteiger partial charge in [0.25, 0.3) is 0 Å². The number of para-hydroxylation sites is 1. The first-order valence-electron chi connectivity index (χ1n) is 14.5. The molecule has 1 aliphatic rings. The van der Waals surface area contributed by atoms with Crippen LogP contribution in [0.4, 0.5) is 5.69 Å². The lowest BCUT2D eigenvalue weighted by Gasteiger charge is -2.30. The van der Waals surface area contributed by atoms with E-state index in [1.165, 1.54) is 19.3 Å². The molecular weight excluding hydrogens is 516 g/mol. The van der Waals surface area contributed by atoms with E-state index < -0.39 is 12.0 Å². The number of carboxylic acids is 1. The molecule has 0 unspecified atom stereocenters. The highest BCUT2D eigenvalue weighted by atomic mass is 16.5. The van der Waals surface area contributed by atoms with E-state index in [9.17, 15) is 19.5 Å². The van der Waals surface area contributed by atoms with Crippen LogP contribution in [0.3, 0.4) is 0 Å². The number of aliphatic carboxylic acids is 1. The molecule has 1 atom stereocenters. The van der Waals surface area contributed by atoms with E-state index >= 15 is 0 Å². The zero-order valence-electron chi connectivity index (χ0n) is 24.7. The van der Waals surface area contributed by atoms with E-state index in [2.05, 4.69) is 17.1 Å². The van der Waals surface area contributed by atoms with Crippen LogP contribution in [0.1, 0.15) is 79.3 Å². The number of nitrogens with one attached hydrogen (secondary N) is 1. The third-order valence-electron chi connectivity index (χ3n) is 6.83. The molecule has 220 valence electrons. The van der Waals surface area contributed by atoms with Crippen LogP contribution in [0.15, 0.2) is 84.9 Å². The first-order valence-corrected chi connectivity index (χ1v) is 14.5. The number of Topliss-reactive ketones (excluding diaryl/α,β-unsaturated/α-hetero) is 1. The molecule has 0 saturated carbocycles. The summed E-state index contributed by atoms with van der Waals surface area (Å²) >= 11 is 0. The molecule has 7 heteroatoms. The first-order chi connectivity index (χ1) is 19.9. The largest absolute Gasteiger partial charge is 0.479 e. The Morgan fingerprint density at radius 1 is 0.854 bits per heavy atom. The number of hydrogen-bond acceptors (Lipinski definition) is 6. The van der Waals surface area contributed by atoms with Gasteiger partial charge in [-0.3, -0.25) is 9.69 Å². The Labute approximate surface area is 244 Å². The van der Waals surface area contributed by atoms with Crippen molar-refractivity contribution in [3.8, 4) is 0 Å². The first kappa shape index (κ1) is 33.2. The lowest BCUT2D eigenvalue weighted by Crippen LogP contribution is -2.37. The lowest BCUT2D eigenvalue weighted by atomic mass is 9.94. The van der Waals surface area contributed by atoms with Gasteiger partial charge in [-0.15, -0.1) is 0 Å². The number of carbonyl (C=O) groups is 3. The summed E-state index contributed by atoms with van der Waals surface area (Å²) in [5, 5.41) is 12.2. The molecule has 0 amide bonds. The van der Waals surface area contributed by atoms with Crippen molar-refractivity contribution in [2.75, 3.05) is 31.6 Å². The molecular formula is C34H44N2O5. The second-order valence-electron chi connectivity index (χ2n) is 9.54. The maximum atomic E-state index is 12.3. The number of carboxylic acid groups (broad SMARTS) is 1. The summed E-state index contributed by atoms with van der Waals surface area (Å²) in [6.45, 7) is 10.8. The average molecular weight is 561 g/mol. The van der Waals surface area contributed by atoms with Gasteiger partial charge >= 0.3 is 11.9 Å². The van der Waals surface area contributed by atoms with Crippen molar-refractivity contribution in [2.24, 2.45) is 5.92 Å². The summed E-state index contributed by atoms with van der Waals surface area (Å²) in [6, 6.07) is 24.5. The molecule has 0 bridgehead atoms. The number of anilines is 1. The normalized spacial score (nSPS) is 13.9. The van der Waals surface area contributed by atoms with Crippen molar-refractivity contribution >= 4 is 23.4 Å². The molecule has 0 radical (unpaired) electrons. The highest BCUT2D eigenvalue weighted by molar-refractivity contribution is 5.98. The van der Waals surface area contributed by atoms with Gasteiger partial charge in [-0.2, -0.15) is 0 Å². The number of nitrogens with zero attached hydrogens (tertiary/aromatic N) is 1. The lowest BCUT2D eigenvalue weighted by molar-refractivity contribution is -0.138. The second kappa shape index (κ2) is 18.4. The van der Waals surface area contributed by atoms with E-state index in [1.54, 1.807) is 43.3 Å². The zero-order chi connectivity index (χ0) is 30.0. The minimum atomic E-state index is -0.889. The Bertz CT molecular complexity index is 1170. The Balaban J connectivity index is 0.000000278. The average Bonchev–Trinajstić information content (AvgIpc) is 3.02. The number of ether oxygens (including phenoxy) is 1. The van der Waals surface area contributed by atoms with Gasteiger partial charge in [0.15, 0.2) is 11.8 Å². The quantitative estimate of drug-likeness (QED) is 0.201. The molecule has 3 aromatic rings. The molecule has 1 fully saturated rings. The van der Waals surface area contributed by atoms with Crippen molar-refractivity contribution in [1.82, 2.24) is 4.90 Å². The van der Waals surface area contributed by atoms with Crippen LogP contribution in [-0.2, 0) is 9.53 Å². The SMILES string of the molecule is CC.CCOC(=O)c1ccc(C(=O)CN2CCC(CC)CC2)cc1.O=C(O)[C@H](Nc1ccccc1)c1ccccc1. The molecule has 1 saturated heterocycles. The third-order valence-corrected chi connectivity index (χ3v) is 6.83. The fourth-order valence-corrected chi connectivity index (χ4v) is 4.49.